The highest BCUT2D eigenvalue weighted by Crippen LogP contribution is 2.01. The molecule has 2 rings (SSSR count). The lowest BCUT2D eigenvalue weighted by Crippen LogP contribution is -2.26. The molecule has 0 unspecified atom stereocenters. The summed E-state index contributed by atoms with van der Waals surface area (Å²) in [5.74, 6) is -1.37. The Labute approximate surface area is 116 Å². The maximum absolute atomic E-state index is 11.8. The van der Waals surface area contributed by atoms with Crippen LogP contribution in [-0.2, 0) is 6.42 Å². The average molecular weight is 270 g/mol. The number of nitrogens with zero attached hydrogens (tertiary/aromatic N) is 1. The van der Waals surface area contributed by atoms with Gasteiger partial charge in [0.05, 0.1) is 5.56 Å². The van der Waals surface area contributed by atoms with Crippen molar-refractivity contribution in [3.8, 4) is 0 Å². The lowest BCUT2D eigenvalue weighted by Gasteiger charge is -2.05. The number of nitrogens with one attached hydrogen (secondary N) is 1. The Morgan fingerprint density at radius 1 is 1.10 bits per heavy atom. The number of carboxylic acid groups (broad SMARTS) is 1. The molecule has 0 bridgehead atoms. The molecular weight excluding hydrogens is 256 g/mol. The van der Waals surface area contributed by atoms with Gasteiger partial charge in [-0.25, -0.2) is 4.79 Å². The Balaban J connectivity index is 1.87. The summed E-state index contributed by atoms with van der Waals surface area (Å²) >= 11 is 0. The van der Waals surface area contributed by atoms with Gasteiger partial charge in [-0.2, -0.15) is 0 Å². The first-order valence-electron chi connectivity index (χ1n) is 6.18. The quantitative estimate of drug-likeness (QED) is 0.867. The van der Waals surface area contributed by atoms with E-state index in [0.717, 1.165) is 12.0 Å². The predicted octanol–water partition coefficient (Wildman–Crippen LogP) is 1.75. The average Bonchev–Trinajstić information content (AvgIpc) is 2.48. The van der Waals surface area contributed by atoms with Crippen LogP contribution in [0.4, 0.5) is 0 Å². The molecule has 1 aromatic carbocycles. The number of hydrogen-bond donors (Lipinski definition) is 2. The topological polar surface area (TPSA) is 79.3 Å². The number of amides is 1. The Morgan fingerprint density at radius 2 is 1.85 bits per heavy atom. The Bertz CT molecular complexity index is 594. The minimum atomic E-state index is -1.06. The number of rotatable bonds is 5. The van der Waals surface area contributed by atoms with Gasteiger partial charge in [-0.15, -0.1) is 0 Å². The molecule has 2 aromatic rings. The van der Waals surface area contributed by atoms with Crippen molar-refractivity contribution in [3.05, 3.63) is 65.5 Å². The van der Waals surface area contributed by atoms with Crippen LogP contribution >= 0.6 is 0 Å². The van der Waals surface area contributed by atoms with Gasteiger partial charge < -0.3 is 10.4 Å². The van der Waals surface area contributed by atoms with E-state index in [1.54, 1.807) is 0 Å². The fourth-order valence-electron chi connectivity index (χ4n) is 1.71. The fraction of sp³-hybridized carbons (Fsp3) is 0.133. The van der Waals surface area contributed by atoms with Crippen molar-refractivity contribution in [1.29, 1.82) is 0 Å². The van der Waals surface area contributed by atoms with Gasteiger partial charge >= 0.3 is 5.97 Å². The molecule has 0 spiro atoms. The van der Waals surface area contributed by atoms with Gasteiger partial charge in [0.2, 0.25) is 0 Å². The van der Waals surface area contributed by atoms with E-state index < -0.39 is 5.97 Å². The van der Waals surface area contributed by atoms with Crippen molar-refractivity contribution in [2.45, 2.75) is 6.42 Å². The highest BCUT2D eigenvalue weighted by molar-refractivity contribution is 5.93. The molecule has 5 nitrogen and oxygen atoms in total. The number of carboxylic acids is 1. The number of carbonyl (C=O) groups is 2. The molecule has 0 fully saturated rings. The van der Waals surface area contributed by atoms with Crippen molar-refractivity contribution in [2.24, 2.45) is 0 Å². The van der Waals surface area contributed by atoms with Crippen molar-refractivity contribution >= 4 is 11.9 Å². The SMILES string of the molecule is O=C(O)c1ccc(C(=O)NCCc2ccccc2)nc1. The minimum absolute atomic E-state index is 0.0610. The molecule has 0 aliphatic carbocycles. The van der Waals surface area contributed by atoms with Crippen molar-refractivity contribution < 1.29 is 14.7 Å². The molecule has 1 amide bonds. The first-order valence-corrected chi connectivity index (χ1v) is 6.18. The maximum atomic E-state index is 11.8. The maximum Gasteiger partial charge on any atom is 0.337 e. The molecule has 0 radical (unpaired) electrons. The number of benzene rings is 1. The molecule has 102 valence electrons. The van der Waals surface area contributed by atoms with Gasteiger partial charge in [-0.05, 0) is 24.1 Å². The molecule has 0 aliphatic rings. The molecule has 0 aliphatic heterocycles. The molecule has 0 saturated carbocycles. The summed E-state index contributed by atoms with van der Waals surface area (Å²) in [7, 11) is 0. The lowest BCUT2D eigenvalue weighted by atomic mass is 10.1. The standard InChI is InChI=1S/C15H14N2O3/c18-14(13-7-6-12(10-17-13)15(19)20)16-9-8-11-4-2-1-3-5-11/h1-7,10H,8-9H2,(H,16,18)(H,19,20). The number of pyridine rings is 1. The molecule has 5 heteroatoms. The Hall–Kier alpha value is -2.69. The van der Waals surface area contributed by atoms with Crippen molar-refractivity contribution in [1.82, 2.24) is 10.3 Å². The highest BCUT2D eigenvalue weighted by Gasteiger charge is 2.08. The summed E-state index contributed by atoms with van der Waals surface area (Å²) in [6.07, 6.45) is 1.91. The van der Waals surface area contributed by atoms with Crippen LogP contribution in [0.3, 0.4) is 0 Å². The van der Waals surface area contributed by atoms with E-state index in [4.69, 9.17) is 5.11 Å². The molecular formula is C15H14N2O3. The van der Waals surface area contributed by atoms with Crippen LogP contribution in [0.1, 0.15) is 26.4 Å². The third-order valence-electron chi connectivity index (χ3n) is 2.79. The summed E-state index contributed by atoms with van der Waals surface area (Å²) in [6, 6.07) is 12.6. The summed E-state index contributed by atoms with van der Waals surface area (Å²) < 4.78 is 0. The van der Waals surface area contributed by atoms with Crippen LogP contribution in [-0.4, -0.2) is 28.5 Å². The summed E-state index contributed by atoms with van der Waals surface area (Å²) in [5.41, 5.74) is 1.41. The Morgan fingerprint density at radius 3 is 2.45 bits per heavy atom. The molecule has 2 N–H and O–H groups in total. The Kier molecular flexibility index (Phi) is 4.44. The third-order valence-corrected chi connectivity index (χ3v) is 2.79. The smallest absolute Gasteiger partial charge is 0.337 e. The van der Waals surface area contributed by atoms with Crippen LogP contribution in [0.5, 0.6) is 0 Å². The van der Waals surface area contributed by atoms with Crippen LogP contribution in [0, 0.1) is 0 Å². The van der Waals surface area contributed by atoms with Gasteiger partial charge in [-0.3, -0.25) is 9.78 Å². The predicted molar refractivity (Wildman–Crippen MR) is 73.7 cm³/mol. The van der Waals surface area contributed by atoms with Crippen molar-refractivity contribution in [3.63, 3.8) is 0 Å². The van der Waals surface area contributed by atoms with E-state index in [2.05, 4.69) is 10.3 Å². The van der Waals surface area contributed by atoms with Crippen LogP contribution < -0.4 is 5.32 Å². The van der Waals surface area contributed by atoms with Crippen molar-refractivity contribution in [2.75, 3.05) is 6.54 Å². The van der Waals surface area contributed by atoms with E-state index in [1.807, 2.05) is 30.3 Å². The molecule has 1 heterocycles. The molecule has 0 saturated heterocycles. The highest BCUT2D eigenvalue weighted by atomic mass is 16.4. The second kappa shape index (κ2) is 6.47. The normalized spacial score (nSPS) is 10.0. The second-order valence-corrected chi connectivity index (χ2v) is 4.23. The first-order chi connectivity index (χ1) is 9.66. The van der Waals surface area contributed by atoms with Gasteiger partial charge in [0.15, 0.2) is 0 Å². The zero-order valence-corrected chi connectivity index (χ0v) is 10.7. The van der Waals surface area contributed by atoms with Crippen LogP contribution in [0.15, 0.2) is 48.7 Å². The number of aromatic nitrogens is 1. The van der Waals surface area contributed by atoms with E-state index in [0.29, 0.717) is 6.54 Å². The summed E-state index contributed by atoms with van der Waals surface area (Å²) in [6.45, 7) is 0.505. The monoisotopic (exact) mass is 270 g/mol. The zero-order chi connectivity index (χ0) is 14.4. The van der Waals surface area contributed by atoms with Crippen LogP contribution in [0.2, 0.25) is 0 Å². The van der Waals surface area contributed by atoms with E-state index in [9.17, 15) is 9.59 Å². The molecule has 20 heavy (non-hydrogen) atoms. The van der Waals surface area contributed by atoms with Gasteiger partial charge in [0.1, 0.15) is 5.69 Å². The zero-order valence-electron chi connectivity index (χ0n) is 10.7. The third kappa shape index (κ3) is 3.65. The van der Waals surface area contributed by atoms with E-state index >= 15 is 0 Å². The number of aromatic carboxylic acids is 1. The largest absolute Gasteiger partial charge is 0.478 e. The first kappa shape index (κ1) is 13.7. The minimum Gasteiger partial charge on any atom is -0.478 e. The summed E-state index contributed by atoms with van der Waals surface area (Å²) in [4.78, 5) is 26.3. The molecule has 1 aromatic heterocycles. The number of carbonyl (C=O) groups excluding carboxylic acids is 1. The van der Waals surface area contributed by atoms with Gasteiger partial charge in [-0.1, -0.05) is 30.3 Å². The summed E-state index contributed by atoms with van der Waals surface area (Å²) in [5, 5.41) is 11.5. The van der Waals surface area contributed by atoms with Crippen LogP contribution in [0.25, 0.3) is 0 Å². The lowest BCUT2D eigenvalue weighted by molar-refractivity contribution is 0.0695. The number of hydrogen-bond acceptors (Lipinski definition) is 3. The van der Waals surface area contributed by atoms with Gasteiger partial charge in [0, 0.05) is 12.7 Å². The van der Waals surface area contributed by atoms with Gasteiger partial charge in [0.25, 0.3) is 5.91 Å². The van der Waals surface area contributed by atoms with E-state index in [-0.39, 0.29) is 17.2 Å². The second-order valence-electron chi connectivity index (χ2n) is 4.23. The fourth-order valence-corrected chi connectivity index (χ4v) is 1.71. The molecule has 0 atom stereocenters. The van der Waals surface area contributed by atoms with E-state index in [1.165, 1.54) is 18.3 Å².